The molecule has 0 aromatic carbocycles. The first-order chi connectivity index (χ1) is 7.08. The fourth-order valence-corrected chi connectivity index (χ4v) is 0.967. The Balaban J connectivity index is 2.18. The number of aliphatic imine (C=N–C) groups is 2. The van der Waals surface area contributed by atoms with Crippen LogP contribution in [0.5, 0.6) is 0 Å². The second kappa shape index (κ2) is 5.18. The molecule has 7 nitrogen and oxygen atoms in total. The van der Waals surface area contributed by atoms with Gasteiger partial charge in [0.2, 0.25) is 11.9 Å². The van der Waals surface area contributed by atoms with Crippen LogP contribution in [0, 0.1) is 0 Å². The number of guanidine groups is 2. The van der Waals surface area contributed by atoms with E-state index >= 15 is 0 Å². The van der Waals surface area contributed by atoms with Gasteiger partial charge in [-0.05, 0) is 12.8 Å². The predicted molar refractivity (Wildman–Crippen MR) is 58.1 cm³/mol. The molecule has 0 saturated heterocycles. The molecule has 0 unspecified atom stereocenters. The zero-order valence-electron chi connectivity index (χ0n) is 8.44. The van der Waals surface area contributed by atoms with Gasteiger partial charge in [0, 0.05) is 12.5 Å². The number of hydrogen-bond acceptors (Lipinski definition) is 2. The van der Waals surface area contributed by atoms with E-state index < -0.39 is 0 Å². The average Bonchev–Trinajstić information content (AvgIpc) is 2.86. The van der Waals surface area contributed by atoms with Gasteiger partial charge in [0.05, 0.1) is 6.54 Å². The molecule has 0 spiro atoms. The van der Waals surface area contributed by atoms with Gasteiger partial charge in [-0.1, -0.05) is 0 Å². The lowest BCUT2D eigenvalue weighted by molar-refractivity contribution is -0.121. The van der Waals surface area contributed by atoms with Crippen molar-refractivity contribution in [3.05, 3.63) is 0 Å². The van der Waals surface area contributed by atoms with Crippen molar-refractivity contribution in [3.63, 3.8) is 0 Å². The van der Waals surface area contributed by atoms with Gasteiger partial charge in [0.25, 0.3) is 0 Å². The predicted octanol–water partition coefficient (Wildman–Crippen LogP) is -1.76. The van der Waals surface area contributed by atoms with Gasteiger partial charge in [-0.2, -0.15) is 4.99 Å². The molecule has 84 valence electrons. The molecule has 7 heteroatoms. The molecule has 0 bridgehead atoms. The molecule has 1 fully saturated rings. The third-order valence-corrected chi connectivity index (χ3v) is 1.80. The SMILES string of the molecule is NC(N)=NC(N)=NCCC(=O)NC1CC1. The molecule has 0 heterocycles. The maximum atomic E-state index is 11.2. The smallest absolute Gasteiger partial charge is 0.222 e. The lowest BCUT2D eigenvalue weighted by Crippen LogP contribution is -2.27. The Bertz CT molecular complexity index is 290. The van der Waals surface area contributed by atoms with Crippen LogP contribution < -0.4 is 22.5 Å². The minimum Gasteiger partial charge on any atom is -0.370 e. The van der Waals surface area contributed by atoms with Crippen molar-refractivity contribution in [2.24, 2.45) is 27.2 Å². The third kappa shape index (κ3) is 5.50. The summed E-state index contributed by atoms with van der Waals surface area (Å²) in [5, 5.41) is 2.83. The van der Waals surface area contributed by atoms with Gasteiger partial charge in [-0.25, -0.2) is 0 Å². The number of carbonyl (C=O) groups excluding carboxylic acids is 1. The van der Waals surface area contributed by atoms with Crippen LogP contribution in [0.2, 0.25) is 0 Å². The Kier molecular flexibility index (Phi) is 3.90. The van der Waals surface area contributed by atoms with Crippen LogP contribution in [0.15, 0.2) is 9.98 Å². The Hall–Kier alpha value is -1.79. The minimum atomic E-state index is -0.140. The highest BCUT2D eigenvalue weighted by Crippen LogP contribution is 2.18. The number of carbonyl (C=O) groups is 1. The lowest BCUT2D eigenvalue weighted by Gasteiger charge is -2.00. The second-order valence-electron chi connectivity index (χ2n) is 3.37. The van der Waals surface area contributed by atoms with E-state index in [1.165, 1.54) is 0 Å². The number of hydrogen-bond donors (Lipinski definition) is 4. The summed E-state index contributed by atoms with van der Waals surface area (Å²) in [5.41, 5.74) is 15.5. The average molecular weight is 212 g/mol. The topological polar surface area (TPSA) is 132 Å². The molecule has 0 aliphatic heterocycles. The largest absolute Gasteiger partial charge is 0.370 e. The number of amides is 1. The van der Waals surface area contributed by atoms with Crippen molar-refractivity contribution in [2.45, 2.75) is 25.3 Å². The monoisotopic (exact) mass is 212 g/mol. The number of rotatable bonds is 4. The summed E-state index contributed by atoms with van der Waals surface area (Å²) >= 11 is 0. The molecule has 15 heavy (non-hydrogen) atoms. The van der Waals surface area contributed by atoms with Crippen LogP contribution in [0.4, 0.5) is 0 Å². The zero-order valence-corrected chi connectivity index (χ0v) is 8.44. The maximum absolute atomic E-state index is 11.2. The van der Waals surface area contributed by atoms with Crippen molar-refractivity contribution in [1.29, 1.82) is 0 Å². The molecule has 0 atom stereocenters. The molecule has 1 amide bonds. The van der Waals surface area contributed by atoms with Gasteiger partial charge in [0.1, 0.15) is 0 Å². The zero-order chi connectivity index (χ0) is 11.3. The van der Waals surface area contributed by atoms with Crippen LogP contribution in [0.25, 0.3) is 0 Å². The first kappa shape index (κ1) is 11.3. The summed E-state index contributed by atoms with van der Waals surface area (Å²) in [6.45, 7) is 0.293. The fraction of sp³-hybridized carbons (Fsp3) is 0.625. The summed E-state index contributed by atoms with van der Waals surface area (Å²) in [6.07, 6.45) is 2.45. The Labute approximate surface area is 87.8 Å². The number of nitrogens with zero attached hydrogens (tertiary/aromatic N) is 2. The Morgan fingerprint density at radius 3 is 2.53 bits per heavy atom. The van der Waals surface area contributed by atoms with Crippen molar-refractivity contribution < 1.29 is 4.79 Å². The second-order valence-corrected chi connectivity index (χ2v) is 3.37. The highest BCUT2D eigenvalue weighted by Gasteiger charge is 2.22. The van der Waals surface area contributed by atoms with Crippen LogP contribution in [-0.2, 0) is 4.79 Å². The number of nitrogens with two attached hydrogens (primary N) is 3. The van der Waals surface area contributed by atoms with Crippen LogP contribution >= 0.6 is 0 Å². The Morgan fingerprint density at radius 1 is 1.33 bits per heavy atom. The highest BCUT2D eigenvalue weighted by molar-refractivity contribution is 5.92. The van der Waals surface area contributed by atoms with Crippen molar-refractivity contribution >= 4 is 17.8 Å². The van der Waals surface area contributed by atoms with Crippen LogP contribution in [-0.4, -0.2) is 30.4 Å². The van der Waals surface area contributed by atoms with Crippen LogP contribution in [0.1, 0.15) is 19.3 Å². The van der Waals surface area contributed by atoms with Gasteiger partial charge >= 0.3 is 0 Å². The summed E-state index contributed by atoms with van der Waals surface area (Å²) in [6, 6.07) is 0.372. The summed E-state index contributed by atoms with van der Waals surface area (Å²) in [4.78, 5) is 18.5. The Morgan fingerprint density at radius 2 is 2.00 bits per heavy atom. The summed E-state index contributed by atoms with van der Waals surface area (Å²) in [7, 11) is 0. The minimum absolute atomic E-state index is 0.00535. The van der Waals surface area contributed by atoms with E-state index in [1.54, 1.807) is 0 Å². The van der Waals surface area contributed by atoms with E-state index in [1.807, 2.05) is 0 Å². The first-order valence-electron chi connectivity index (χ1n) is 4.77. The quantitative estimate of drug-likeness (QED) is 0.324. The molecule has 0 radical (unpaired) electrons. The molecule has 1 aliphatic rings. The maximum Gasteiger partial charge on any atom is 0.222 e. The number of nitrogens with one attached hydrogen (secondary N) is 1. The van der Waals surface area contributed by atoms with Gasteiger partial charge in [-0.15, -0.1) is 0 Å². The van der Waals surface area contributed by atoms with Gasteiger partial charge < -0.3 is 22.5 Å². The first-order valence-corrected chi connectivity index (χ1v) is 4.77. The summed E-state index contributed by atoms with van der Waals surface area (Å²) in [5.74, 6) is -0.161. The molecule has 1 rings (SSSR count). The lowest BCUT2D eigenvalue weighted by atomic mass is 10.4. The molecular weight excluding hydrogens is 196 g/mol. The standard InChI is InChI=1S/C8H16N6O/c9-7(10)14-8(11)12-4-3-6(15)13-5-1-2-5/h5H,1-4H2,(H,13,15)(H6,9,10,11,12,14). The van der Waals surface area contributed by atoms with E-state index in [-0.39, 0.29) is 17.8 Å². The van der Waals surface area contributed by atoms with Crippen LogP contribution in [0.3, 0.4) is 0 Å². The fourth-order valence-electron chi connectivity index (χ4n) is 0.967. The third-order valence-electron chi connectivity index (χ3n) is 1.80. The molecule has 7 N–H and O–H groups in total. The van der Waals surface area contributed by atoms with E-state index in [0.29, 0.717) is 19.0 Å². The van der Waals surface area contributed by atoms with Gasteiger partial charge in [0.15, 0.2) is 5.96 Å². The molecular formula is C8H16N6O. The van der Waals surface area contributed by atoms with E-state index in [0.717, 1.165) is 12.8 Å². The molecule has 0 aromatic heterocycles. The van der Waals surface area contributed by atoms with E-state index in [9.17, 15) is 4.79 Å². The molecule has 1 saturated carbocycles. The highest BCUT2D eigenvalue weighted by atomic mass is 16.1. The normalized spacial score (nSPS) is 15.9. The van der Waals surface area contributed by atoms with Crippen molar-refractivity contribution in [2.75, 3.05) is 6.54 Å². The van der Waals surface area contributed by atoms with Crippen molar-refractivity contribution in [1.82, 2.24) is 5.32 Å². The van der Waals surface area contributed by atoms with E-state index in [4.69, 9.17) is 17.2 Å². The molecule has 0 aromatic rings. The van der Waals surface area contributed by atoms with Crippen molar-refractivity contribution in [3.8, 4) is 0 Å². The van der Waals surface area contributed by atoms with Gasteiger partial charge in [-0.3, -0.25) is 9.79 Å². The summed E-state index contributed by atoms with van der Waals surface area (Å²) < 4.78 is 0. The van der Waals surface area contributed by atoms with E-state index in [2.05, 4.69) is 15.3 Å². The molecule has 1 aliphatic carbocycles.